The number of aromatic nitrogens is 2. The molecule has 0 unspecified atom stereocenters. The van der Waals surface area contributed by atoms with E-state index in [2.05, 4.69) is 10.6 Å². The minimum absolute atomic E-state index is 0.301. The molecule has 1 aromatic heterocycles. The van der Waals surface area contributed by atoms with E-state index in [0.29, 0.717) is 42.8 Å². The van der Waals surface area contributed by atoms with Crippen LogP contribution in [-0.4, -0.2) is 30.4 Å². The van der Waals surface area contributed by atoms with Gasteiger partial charge in [-0.25, -0.2) is 4.98 Å². The van der Waals surface area contributed by atoms with Gasteiger partial charge in [0.05, 0.1) is 31.8 Å². The average Bonchev–Trinajstić information content (AvgIpc) is 3.26. The van der Waals surface area contributed by atoms with E-state index in [1.165, 1.54) is 0 Å². The molecule has 36 heavy (non-hydrogen) atoms. The molecular formula is C30H32N2O4. The fourth-order valence-electron chi connectivity index (χ4n) is 4.07. The number of hydrogen-bond donors (Lipinski definition) is 0. The molecule has 0 atom stereocenters. The van der Waals surface area contributed by atoms with E-state index in [1.807, 2.05) is 92.7 Å². The van der Waals surface area contributed by atoms with Crippen LogP contribution in [0.25, 0.3) is 23.2 Å². The van der Waals surface area contributed by atoms with Crippen LogP contribution < -0.4 is 18.9 Å². The largest absolute Gasteiger partial charge is 0.493 e. The zero-order valence-electron chi connectivity index (χ0n) is 21.2. The normalized spacial score (nSPS) is 11.4. The van der Waals surface area contributed by atoms with E-state index in [1.54, 1.807) is 14.2 Å². The lowest BCUT2D eigenvalue weighted by Crippen LogP contribution is -2.13. The molecular weight excluding hydrogens is 452 g/mol. The Kier molecular flexibility index (Phi) is 8.29. The van der Waals surface area contributed by atoms with Gasteiger partial charge in [-0.15, -0.1) is 0 Å². The van der Waals surface area contributed by atoms with Gasteiger partial charge in [0.2, 0.25) is 0 Å². The zero-order valence-corrected chi connectivity index (χ0v) is 21.2. The van der Waals surface area contributed by atoms with Crippen molar-refractivity contribution in [2.75, 3.05) is 20.8 Å². The SMILES string of the molecule is C/C=C\c1ccc(OCCn2c(COc3ccc(/C=C\C)cc3OC)nc3ccccc32)c(OC)c1. The monoisotopic (exact) mass is 484 g/mol. The van der Waals surface area contributed by atoms with Gasteiger partial charge in [-0.3, -0.25) is 0 Å². The van der Waals surface area contributed by atoms with Crippen LogP contribution in [0.5, 0.6) is 23.0 Å². The lowest BCUT2D eigenvalue weighted by molar-refractivity contribution is 0.257. The maximum absolute atomic E-state index is 6.16. The first kappa shape index (κ1) is 24.9. The Balaban J connectivity index is 1.52. The molecule has 4 rings (SSSR count). The molecule has 0 N–H and O–H groups in total. The van der Waals surface area contributed by atoms with Gasteiger partial charge in [-0.1, -0.05) is 48.6 Å². The second-order valence-electron chi connectivity index (χ2n) is 8.13. The molecule has 0 aliphatic rings. The van der Waals surface area contributed by atoms with E-state index in [-0.39, 0.29) is 0 Å². The summed E-state index contributed by atoms with van der Waals surface area (Å²) >= 11 is 0. The van der Waals surface area contributed by atoms with Gasteiger partial charge >= 0.3 is 0 Å². The Morgan fingerprint density at radius 1 is 0.750 bits per heavy atom. The van der Waals surface area contributed by atoms with Gasteiger partial charge in [0.1, 0.15) is 19.0 Å². The molecule has 0 saturated heterocycles. The summed E-state index contributed by atoms with van der Waals surface area (Å²) in [5.41, 5.74) is 4.07. The topological polar surface area (TPSA) is 54.7 Å². The number of benzene rings is 3. The van der Waals surface area contributed by atoms with Gasteiger partial charge in [0.15, 0.2) is 23.0 Å². The van der Waals surface area contributed by atoms with E-state index in [0.717, 1.165) is 28.0 Å². The first-order valence-corrected chi connectivity index (χ1v) is 12.0. The lowest BCUT2D eigenvalue weighted by Gasteiger charge is -2.15. The van der Waals surface area contributed by atoms with Crippen molar-refractivity contribution in [2.24, 2.45) is 0 Å². The molecule has 6 nitrogen and oxygen atoms in total. The summed E-state index contributed by atoms with van der Waals surface area (Å²) < 4.78 is 25.5. The Bertz CT molecular complexity index is 1370. The predicted octanol–water partition coefficient (Wildman–Crippen LogP) is 6.78. The second-order valence-corrected chi connectivity index (χ2v) is 8.13. The summed E-state index contributed by atoms with van der Waals surface area (Å²) in [5.74, 6) is 3.59. The fraction of sp³-hybridized carbons (Fsp3) is 0.233. The Morgan fingerprint density at radius 3 is 1.97 bits per heavy atom. The first-order chi connectivity index (χ1) is 17.7. The Labute approximate surface area is 212 Å². The molecule has 0 amide bonds. The summed E-state index contributed by atoms with van der Waals surface area (Å²) in [5, 5.41) is 0. The van der Waals surface area contributed by atoms with Crippen molar-refractivity contribution < 1.29 is 18.9 Å². The van der Waals surface area contributed by atoms with Gasteiger partial charge in [-0.2, -0.15) is 0 Å². The molecule has 0 radical (unpaired) electrons. The number of para-hydroxylation sites is 2. The molecule has 3 aromatic carbocycles. The highest BCUT2D eigenvalue weighted by Crippen LogP contribution is 2.30. The van der Waals surface area contributed by atoms with E-state index >= 15 is 0 Å². The zero-order chi connectivity index (χ0) is 25.3. The quantitative estimate of drug-likeness (QED) is 0.235. The van der Waals surface area contributed by atoms with Gasteiger partial charge in [-0.05, 0) is 61.4 Å². The maximum Gasteiger partial charge on any atom is 0.161 e. The third-order valence-corrected chi connectivity index (χ3v) is 5.76. The number of hydrogen-bond acceptors (Lipinski definition) is 5. The minimum atomic E-state index is 0.301. The van der Waals surface area contributed by atoms with Crippen LogP contribution in [0.3, 0.4) is 0 Å². The van der Waals surface area contributed by atoms with Gasteiger partial charge < -0.3 is 23.5 Å². The number of allylic oxidation sites excluding steroid dienone is 2. The highest BCUT2D eigenvalue weighted by molar-refractivity contribution is 5.75. The highest BCUT2D eigenvalue weighted by Gasteiger charge is 2.14. The van der Waals surface area contributed by atoms with Crippen molar-refractivity contribution in [1.82, 2.24) is 9.55 Å². The van der Waals surface area contributed by atoms with Crippen LogP contribution in [0.1, 0.15) is 30.8 Å². The number of rotatable bonds is 11. The van der Waals surface area contributed by atoms with Crippen LogP contribution in [-0.2, 0) is 13.2 Å². The number of fused-ring (bicyclic) bond motifs is 1. The standard InChI is InChI=1S/C30H32N2O4/c1-5-9-22-13-15-26(28(19-22)33-3)35-18-17-32-25-12-8-7-11-24(25)31-30(32)21-36-27-16-14-23(10-6-2)20-29(27)34-4/h5-16,19-20H,17-18,21H2,1-4H3/b9-5-,10-6-. The predicted molar refractivity (Wildman–Crippen MR) is 145 cm³/mol. The van der Waals surface area contributed by atoms with Crippen LogP contribution in [0.15, 0.2) is 72.8 Å². The molecule has 0 aliphatic heterocycles. The highest BCUT2D eigenvalue weighted by atomic mass is 16.5. The van der Waals surface area contributed by atoms with Crippen molar-refractivity contribution in [3.63, 3.8) is 0 Å². The number of imidazole rings is 1. The molecule has 0 fully saturated rings. The van der Waals surface area contributed by atoms with Crippen molar-refractivity contribution in [3.8, 4) is 23.0 Å². The summed E-state index contributed by atoms with van der Waals surface area (Å²) in [6.07, 6.45) is 8.04. The molecule has 4 aromatic rings. The molecule has 0 bridgehead atoms. The van der Waals surface area contributed by atoms with Crippen molar-refractivity contribution >= 4 is 23.2 Å². The van der Waals surface area contributed by atoms with Gasteiger partial charge in [0, 0.05) is 0 Å². The molecule has 1 heterocycles. The third kappa shape index (κ3) is 5.71. The fourth-order valence-corrected chi connectivity index (χ4v) is 4.07. The van der Waals surface area contributed by atoms with Crippen LogP contribution in [0, 0.1) is 0 Å². The van der Waals surface area contributed by atoms with E-state index in [4.69, 9.17) is 23.9 Å². The number of ether oxygens (including phenoxy) is 4. The number of methoxy groups -OCH3 is 2. The molecule has 6 heteroatoms. The molecule has 186 valence electrons. The van der Waals surface area contributed by atoms with Crippen molar-refractivity contribution in [1.29, 1.82) is 0 Å². The first-order valence-electron chi connectivity index (χ1n) is 12.0. The lowest BCUT2D eigenvalue weighted by atomic mass is 10.2. The van der Waals surface area contributed by atoms with Crippen LogP contribution >= 0.6 is 0 Å². The Morgan fingerprint density at radius 2 is 1.36 bits per heavy atom. The van der Waals surface area contributed by atoms with Gasteiger partial charge in [0.25, 0.3) is 0 Å². The molecule has 0 saturated carbocycles. The van der Waals surface area contributed by atoms with E-state index < -0.39 is 0 Å². The maximum atomic E-state index is 6.16. The van der Waals surface area contributed by atoms with Crippen LogP contribution in [0.4, 0.5) is 0 Å². The second kappa shape index (κ2) is 12.0. The summed E-state index contributed by atoms with van der Waals surface area (Å²) in [6.45, 7) is 5.34. The van der Waals surface area contributed by atoms with E-state index in [9.17, 15) is 0 Å². The smallest absolute Gasteiger partial charge is 0.161 e. The Hall–Kier alpha value is -4.19. The van der Waals surface area contributed by atoms with Crippen molar-refractivity contribution in [2.45, 2.75) is 27.0 Å². The third-order valence-electron chi connectivity index (χ3n) is 5.76. The molecule has 0 aliphatic carbocycles. The minimum Gasteiger partial charge on any atom is -0.493 e. The average molecular weight is 485 g/mol. The van der Waals surface area contributed by atoms with Crippen LogP contribution in [0.2, 0.25) is 0 Å². The molecule has 0 spiro atoms. The summed E-state index contributed by atoms with van der Waals surface area (Å²) in [4.78, 5) is 4.82. The summed E-state index contributed by atoms with van der Waals surface area (Å²) in [7, 11) is 3.30. The summed E-state index contributed by atoms with van der Waals surface area (Å²) in [6, 6.07) is 19.9. The van der Waals surface area contributed by atoms with Crippen molar-refractivity contribution in [3.05, 3.63) is 89.8 Å². The number of nitrogens with zero attached hydrogens (tertiary/aromatic N) is 2.